The largest absolute Gasteiger partial charge is 0.364 e. The topological polar surface area (TPSA) is 107 Å². The number of ether oxygens (including phenoxy) is 1. The number of benzene rings is 2. The number of nitrogens with zero attached hydrogens (tertiary/aromatic N) is 2. The summed E-state index contributed by atoms with van der Waals surface area (Å²) in [6, 6.07) is 10.4. The molecule has 9 heteroatoms. The molecule has 8 nitrogen and oxygen atoms in total. The zero-order valence-corrected chi connectivity index (χ0v) is 15.5. The number of nitrogens with one attached hydrogen (secondary N) is 1. The van der Waals surface area contributed by atoms with E-state index in [1.807, 2.05) is 0 Å². The second-order valence-corrected chi connectivity index (χ2v) is 6.77. The van der Waals surface area contributed by atoms with Gasteiger partial charge in [0.1, 0.15) is 6.73 Å². The van der Waals surface area contributed by atoms with Crippen LogP contribution >= 0.6 is 11.8 Å². The Morgan fingerprint density at radius 1 is 1.22 bits per heavy atom. The molecule has 140 valence electrons. The van der Waals surface area contributed by atoms with Crippen LogP contribution < -0.4 is 11.2 Å². The molecule has 0 radical (unpaired) electrons. The number of fused-ring (bicyclic) bond motifs is 1. The van der Waals surface area contributed by atoms with E-state index < -0.39 is 16.2 Å². The van der Waals surface area contributed by atoms with Crippen LogP contribution in [0.3, 0.4) is 0 Å². The number of nitro groups is 1. The van der Waals surface area contributed by atoms with Crippen molar-refractivity contribution < 1.29 is 9.66 Å². The number of rotatable bonds is 6. The van der Waals surface area contributed by atoms with Crippen molar-refractivity contribution in [1.82, 2.24) is 9.55 Å². The number of methoxy groups -OCH3 is 1. The van der Waals surface area contributed by atoms with Gasteiger partial charge in [0.2, 0.25) is 0 Å². The summed E-state index contributed by atoms with van der Waals surface area (Å²) in [5, 5.41) is 13.3. The zero-order valence-electron chi connectivity index (χ0n) is 14.7. The highest BCUT2D eigenvalue weighted by atomic mass is 32.2. The molecule has 0 bridgehead atoms. The Morgan fingerprint density at radius 3 is 2.63 bits per heavy atom. The minimum Gasteiger partial charge on any atom is -0.364 e. The van der Waals surface area contributed by atoms with Crippen molar-refractivity contribution in [1.29, 1.82) is 0 Å². The first-order chi connectivity index (χ1) is 13.0. The Kier molecular flexibility index (Phi) is 5.43. The van der Waals surface area contributed by atoms with Gasteiger partial charge in [-0.05, 0) is 23.9 Å². The lowest BCUT2D eigenvalue weighted by Gasteiger charge is -2.14. The molecule has 0 saturated carbocycles. The second-order valence-electron chi connectivity index (χ2n) is 5.73. The van der Waals surface area contributed by atoms with Crippen LogP contribution in [0.1, 0.15) is 12.5 Å². The van der Waals surface area contributed by atoms with Crippen molar-refractivity contribution in [3.63, 3.8) is 0 Å². The van der Waals surface area contributed by atoms with Crippen molar-refractivity contribution in [3.05, 3.63) is 72.9 Å². The molecule has 3 rings (SSSR count). The van der Waals surface area contributed by atoms with Crippen LogP contribution in [-0.2, 0) is 17.9 Å². The standard InChI is InChI=1S/C18H17N3O5S/c1-3-12-16(22)19-18(23)20(10-26-2)17(12)27-14-9-8-11-6-4-5-7-13(11)15(14)21(24)25/h4-9H,3,10H2,1-2H3,(H,19,22,23). The lowest BCUT2D eigenvalue weighted by atomic mass is 10.1. The van der Waals surface area contributed by atoms with Crippen LogP contribution in [-0.4, -0.2) is 21.6 Å². The molecule has 2 aromatic carbocycles. The predicted molar refractivity (Wildman–Crippen MR) is 102 cm³/mol. The van der Waals surface area contributed by atoms with E-state index in [9.17, 15) is 19.7 Å². The molecule has 0 unspecified atom stereocenters. The van der Waals surface area contributed by atoms with E-state index in [1.54, 1.807) is 43.3 Å². The molecule has 0 aliphatic heterocycles. The lowest BCUT2D eigenvalue weighted by Crippen LogP contribution is -2.34. The van der Waals surface area contributed by atoms with Gasteiger partial charge in [0.25, 0.3) is 11.2 Å². The second kappa shape index (κ2) is 7.77. The molecule has 1 aromatic heterocycles. The van der Waals surface area contributed by atoms with Gasteiger partial charge in [0.05, 0.1) is 20.2 Å². The summed E-state index contributed by atoms with van der Waals surface area (Å²) in [4.78, 5) is 38.4. The SMILES string of the molecule is CCc1c(Sc2ccc3ccccc3c2[N+](=O)[O-])n(COC)c(=O)[nH]c1=O. The van der Waals surface area contributed by atoms with Crippen molar-refractivity contribution >= 4 is 28.2 Å². The number of hydrogen-bond acceptors (Lipinski definition) is 6. The summed E-state index contributed by atoms with van der Waals surface area (Å²) in [6.07, 6.45) is 0.364. The molecule has 0 amide bonds. The smallest absolute Gasteiger partial charge is 0.331 e. The van der Waals surface area contributed by atoms with E-state index in [2.05, 4.69) is 4.98 Å². The fourth-order valence-corrected chi connectivity index (χ4v) is 4.11. The highest BCUT2D eigenvalue weighted by Gasteiger charge is 2.23. The summed E-state index contributed by atoms with van der Waals surface area (Å²) >= 11 is 1.02. The molecule has 3 aromatic rings. The van der Waals surface area contributed by atoms with Gasteiger partial charge in [-0.3, -0.25) is 24.5 Å². The Labute approximate surface area is 157 Å². The first-order valence-electron chi connectivity index (χ1n) is 8.16. The molecule has 1 N–H and O–H groups in total. The van der Waals surface area contributed by atoms with E-state index in [0.29, 0.717) is 27.3 Å². The molecule has 0 fully saturated rings. The molecule has 0 saturated heterocycles. The summed E-state index contributed by atoms with van der Waals surface area (Å²) in [5.74, 6) is 0. The first-order valence-corrected chi connectivity index (χ1v) is 8.98. The Bertz CT molecular complexity index is 1140. The highest BCUT2D eigenvalue weighted by Crippen LogP contribution is 2.39. The fourth-order valence-electron chi connectivity index (χ4n) is 2.88. The summed E-state index contributed by atoms with van der Waals surface area (Å²) in [7, 11) is 1.43. The van der Waals surface area contributed by atoms with Gasteiger partial charge in [-0.2, -0.15) is 0 Å². The number of aromatic amines is 1. The minimum absolute atomic E-state index is 0.0585. The minimum atomic E-state index is -0.620. The van der Waals surface area contributed by atoms with E-state index >= 15 is 0 Å². The van der Waals surface area contributed by atoms with Gasteiger partial charge >= 0.3 is 5.69 Å². The van der Waals surface area contributed by atoms with Crippen molar-refractivity contribution in [2.45, 2.75) is 30.0 Å². The monoisotopic (exact) mass is 387 g/mol. The molecular formula is C18H17N3O5S. The Morgan fingerprint density at radius 2 is 1.96 bits per heavy atom. The summed E-state index contributed by atoms with van der Waals surface area (Å²) in [5.41, 5.74) is -0.804. The third kappa shape index (κ3) is 3.51. The van der Waals surface area contributed by atoms with E-state index in [-0.39, 0.29) is 12.4 Å². The highest BCUT2D eigenvalue weighted by molar-refractivity contribution is 7.99. The van der Waals surface area contributed by atoms with Gasteiger partial charge in [0.15, 0.2) is 0 Å². The van der Waals surface area contributed by atoms with Crippen LogP contribution in [0.2, 0.25) is 0 Å². The number of aromatic nitrogens is 2. The summed E-state index contributed by atoms with van der Waals surface area (Å²) < 4.78 is 6.34. The van der Waals surface area contributed by atoms with Crippen LogP contribution in [0, 0.1) is 10.1 Å². The number of H-pyrrole nitrogens is 1. The van der Waals surface area contributed by atoms with Gasteiger partial charge < -0.3 is 4.74 Å². The molecule has 27 heavy (non-hydrogen) atoms. The maximum atomic E-state index is 12.2. The van der Waals surface area contributed by atoms with Gasteiger partial charge in [-0.15, -0.1) is 0 Å². The average molecular weight is 387 g/mol. The normalized spacial score (nSPS) is 11.0. The maximum Gasteiger partial charge on any atom is 0.331 e. The van der Waals surface area contributed by atoms with Gasteiger partial charge in [-0.1, -0.05) is 43.0 Å². The van der Waals surface area contributed by atoms with Crippen molar-refractivity contribution in [2.75, 3.05) is 7.11 Å². The van der Waals surface area contributed by atoms with Crippen LogP contribution in [0.15, 0.2) is 55.9 Å². The molecule has 1 heterocycles. The van der Waals surface area contributed by atoms with E-state index in [0.717, 1.165) is 17.1 Å². The first kappa shape index (κ1) is 18.9. The van der Waals surface area contributed by atoms with Crippen LogP contribution in [0.25, 0.3) is 10.8 Å². The molecule has 0 atom stereocenters. The predicted octanol–water partition coefficient (Wildman–Crippen LogP) is 2.92. The number of hydrogen-bond donors (Lipinski definition) is 1. The van der Waals surface area contributed by atoms with E-state index in [4.69, 9.17) is 4.74 Å². The third-order valence-corrected chi connectivity index (χ3v) is 5.32. The average Bonchev–Trinajstić information content (AvgIpc) is 2.64. The molecule has 0 aliphatic rings. The van der Waals surface area contributed by atoms with E-state index in [1.165, 1.54) is 11.7 Å². The Balaban J connectivity index is 2.27. The Hall–Kier alpha value is -2.91. The quantitative estimate of drug-likeness (QED) is 0.396. The third-order valence-electron chi connectivity index (χ3n) is 4.11. The van der Waals surface area contributed by atoms with Crippen molar-refractivity contribution in [2.24, 2.45) is 0 Å². The van der Waals surface area contributed by atoms with Gasteiger partial charge in [0, 0.05) is 12.7 Å². The van der Waals surface area contributed by atoms with Crippen LogP contribution in [0.4, 0.5) is 5.69 Å². The maximum absolute atomic E-state index is 12.2. The van der Waals surface area contributed by atoms with Crippen LogP contribution in [0.5, 0.6) is 0 Å². The fraction of sp³-hybridized carbons (Fsp3) is 0.222. The molecular weight excluding hydrogens is 370 g/mol. The van der Waals surface area contributed by atoms with Crippen molar-refractivity contribution in [3.8, 4) is 0 Å². The van der Waals surface area contributed by atoms with Gasteiger partial charge in [-0.25, -0.2) is 4.79 Å². The zero-order chi connectivity index (χ0) is 19.6. The number of nitro benzene ring substituents is 1. The molecule has 0 spiro atoms. The molecule has 0 aliphatic carbocycles. The lowest BCUT2D eigenvalue weighted by molar-refractivity contribution is -0.385. The summed E-state index contributed by atoms with van der Waals surface area (Å²) in [6.45, 7) is 1.71.